The van der Waals surface area contributed by atoms with Crippen LogP contribution in [0.4, 0.5) is 0 Å². The van der Waals surface area contributed by atoms with Crippen LogP contribution in [0, 0.1) is 6.92 Å². The molecule has 0 fully saturated rings. The van der Waals surface area contributed by atoms with Gasteiger partial charge in [0.05, 0.1) is 13.7 Å². The molecule has 0 bridgehead atoms. The highest BCUT2D eigenvalue weighted by atomic mass is 16.5. The predicted molar refractivity (Wildman–Crippen MR) is 78.6 cm³/mol. The highest BCUT2D eigenvalue weighted by Gasteiger charge is 2.31. The van der Waals surface area contributed by atoms with E-state index in [1.54, 1.807) is 6.20 Å². The van der Waals surface area contributed by atoms with Gasteiger partial charge in [0.25, 0.3) is 0 Å². The van der Waals surface area contributed by atoms with Crippen molar-refractivity contribution in [2.75, 3.05) is 7.11 Å². The minimum atomic E-state index is -0.564. The zero-order valence-corrected chi connectivity index (χ0v) is 12.7. The SMILES string of the molecule is COC(=O)[C@H]1CCCc2nn(Cc3ccc(C)nc3)c(=O)n21. The van der Waals surface area contributed by atoms with Crippen molar-refractivity contribution in [2.24, 2.45) is 0 Å². The summed E-state index contributed by atoms with van der Waals surface area (Å²) in [6.07, 6.45) is 3.86. The van der Waals surface area contributed by atoms with Crippen molar-refractivity contribution in [2.45, 2.75) is 38.8 Å². The molecule has 0 saturated carbocycles. The number of ether oxygens (including phenoxy) is 1. The van der Waals surface area contributed by atoms with Crippen molar-refractivity contribution in [1.82, 2.24) is 19.3 Å². The molecule has 0 spiro atoms. The van der Waals surface area contributed by atoms with E-state index in [2.05, 4.69) is 10.1 Å². The van der Waals surface area contributed by atoms with E-state index in [1.807, 2.05) is 19.1 Å². The fourth-order valence-corrected chi connectivity index (χ4v) is 2.76. The second-order valence-electron chi connectivity index (χ2n) is 5.47. The van der Waals surface area contributed by atoms with Crippen molar-refractivity contribution in [1.29, 1.82) is 0 Å². The van der Waals surface area contributed by atoms with Crippen molar-refractivity contribution >= 4 is 5.97 Å². The van der Waals surface area contributed by atoms with E-state index < -0.39 is 6.04 Å². The average Bonchev–Trinajstić information content (AvgIpc) is 2.85. The summed E-state index contributed by atoms with van der Waals surface area (Å²) in [4.78, 5) is 28.6. The molecule has 2 aromatic heterocycles. The van der Waals surface area contributed by atoms with Crippen LogP contribution in [0.5, 0.6) is 0 Å². The molecule has 0 aromatic carbocycles. The molecular formula is C15H18N4O3. The Balaban J connectivity index is 1.95. The number of carbonyl (C=O) groups excluding carboxylic acids is 1. The van der Waals surface area contributed by atoms with Gasteiger partial charge in [-0.1, -0.05) is 6.07 Å². The van der Waals surface area contributed by atoms with Gasteiger partial charge in [-0.15, -0.1) is 0 Å². The summed E-state index contributed by atoms with van der Waals surface area (Å²) in [6, 6.07) is 3.25. The number of pyridine rings is 1. The zero-order valence-electron chi connectivity index (χ0n) is 12.7. The normalized spacial score (nSPS) is 17.1. The molecule has 1 aliphatic heterocycles. The van der Waals surface area contributed by atoms with Crippen molar-refractivity contribution in [3.8, 4) is 0 Å². The zero-order chi connectivity index (χ0) is 15.7. The summed E-state index contributed by atoms with van der Waals surface area (Å²) in [5, 5.41) is 4.37. The molecule has 0 N–H and O–H groups in total. The number of rotatable bonds is 3. The van der Waals surface area contributed by atoms with Gasteiger partial charge in [0.2, 0.25) is 0 Å². The number of carbonyl (C=O) groups is 1. The molecule has 1 atom stereocenters. The first-order valence-electron chi connectivity index (χ1n) is 7.27. The van der Waals surface area contributed by atoms with E-state index in [4.69, 9.17) is 4.74 Å². The Kier molecular flexibility index (Phi) is 3.79. The van der Waals surface area contributed by atoms with Crippen LogP contribution < -0.4 is 5.69 Å². The van der Waals surface area contributed by atoms with Gasteiger partial charge in [-0.3, -0.25) is 9.55 Å². The molecule has 0 amide bonds. The third kappa shape index (κ3) is 2.54. The van der Waals surface area contributed by atoms with Crippen LogP contribution in [0.15, 0.2) is 23.1 Å². The monoisotopic (exact) mass is 302 g/mol. The van der Waals surface area contributed by atoms with E-state index in [9.17, 15) is 9.59 Å². The number of hydrogen-bond acceptors (Lipinski definition) is 5. The summed E-state index contributed by atoms with van der Waals surface area (Å²) in [7, 11) is 1.34. The molecule has 7 heteroatoms. The quantitative estimate of drug-likeness (QED) is 0.785. The van der Waals surface area contributed by atoms with Crippen LogP contribution in [0.1, 0.15) is 36.0 Å². The third-order valence-electron chi connectivity index (χ3n) is 3.91. The van der Waals surface area contributed by atoms with Gasteiger partial charge in [0, 0.05) is 18.3 Å². The highest BCUT2D eigenvalue weighted by Crippen LogP contribution is 2.22. The number of aromatic nitrogens is 4. The van der Waals surface area contributed by atoms with E-state index in [-0.39, 0.29) is 11.7 Å². The highest BCUT2D eigenvalue weighted by molar-refractivity contribution is 5.74. The van der Waals surface area contributed by atoms with Crippen molar-refractivity contribution in [3.63, 3.8) is 0 Å². The van der Waals surface area contributed by atoms with Crippen molar-refractivity contribution in [3.05, 3.63) is 45.9 Å². The van der Waals surface area contributed by atoms with E-state index in [0.717, 1.165) is 17.7 Å². The Morgan fingerprint density at radius 3 is 2.95 bits per heavy atom. The Bertz CT molecular complexity index is 745. The molecule has 22 heavy (non-hydrogen) atoms. The summed E-state index contributed by atoms with van der Waals surface area (Å²) >= 11 is 0. The lowest BCUT2D eigenvalue weighted by Gasteiger charge is -2.20. The van der Waals surface area contributed by atoms with Crippen LogP contribution in [-0.4, -0.2) is 32.4 Å². The molecule has 3 rings (SSSR count). The largest absolute Gasteiger partial charge is 0.467 e. The average molecular weight is 302 g/mol. The summed E-state index contributed by atoms with van der Waals surface area (Å²) in [6.45, 7) is 2.26. The van der Waals surface area contributed by atoms with E-state index in [0.29, 0.717) is 25.2 Å². The van der Waals surface area contributed by atoms with Gasteiger partial charge >= 0.3 is 11.7 Å². The summed E-state index contributed by atoms with van der Waals surface area (Å²) < 4.78 is 7.66. The molecular weight excluding hydrogens is 284 g/mol. The first-order chi connectivity index (χ1) is 10.6. The van der Waals surface area contributed by atoms with Gasteiger partial charge in [0.1, 0.15) is 11.9 Å². The van der Waals surface area contributed by atoms with Crippen LogP contribution in [0.3, 0.4) is 0 Å². The van der Waals surface area contributed by atoms with Gasteiger partial charge < -0.3 is 4.74 Å². The second kappa shape index (κ2) is 5.75. The minimum absolute atomic E-state index is 0.273. The molecule has 1 aliphatic rings. The Hall–Kier alpha value is -2.44. The fraction of sp³-hybridized carbons (Fsp3) is 0.467. The Labute approximate surface area is 127 Å². The topological polar surface area (TPSA) is 79.0 Å². The van der Waals surface area contributed by atoms with E-state index >= 15 is 0 Å². The Morgan fingerprint density at radius 2 is 2.27 bits per heavy atom. The number of nitrogens with zero attached hydrogens (tertiary/aromatic N) is 4. The molecule has 0 unspecified atom stereocenters. The number of esters is 1. The van der Waals surface area contributed by atoms with Gasteiger partial charge in [-0.05, 0) is 31.4 Å². The van der Waals surface area contributed by atoms with Crippen molar-refractivity contribution < 1.29 is 9.53 Å². The molecule has 3 heterocycles. The standard InChI is InChI=1S/C15H18N4O3/c1-10-6-7-11(8-16-10)9-18-15(21)19-12(14(20)22-2)4-3-5-13(19)17-18/h6-8,12H,3-5,9H2,1-2H3/t12-/m1/s1. The molecule has 2 aromatic rings. The number of fused-ring (bicyclic) bond motifs is 1. The molecule has 0 saturated heterocycles. The second-order valence-corrected chi connectivity index (χ2v) is 5.47. The Morgan fingerprint density at radius 1 is 1.45 bits per heavy atom. The summed E-state index contributed by atoms with van der Waals surface area (Å²) in [5.41, 5.74) is 1.55. The molecule has 0 radical (unpaired) electrons. The number of methoxy groups -OCH3 is 1. The maximum Gasteiger partial charge on any atom is 0.347 e. The molecule has 7 nitrogen and oxygen atoms in total. The maximum absolute atomic E-state index is 12.6. The number of hydrogen-bond donors (Lipinski definition) is 0. The summed E-state index contributed by atoms with van der Waals surface area (Å²) in [5.74, 6) is 0.256. The van der Waals surface area contributed by atoms with E-state index in [1.165, 1.54) is 16.4 Å². The third-order valence-corrected chi connectivity index (χ3v) is 3.91. The molecule has 116 valence electrons. The lowest BCUT2D eigenvalue weighted by atomic mass is 10.1. The first-order valence-corrected chi connectivity index (χ1v) is 7.27. The maximum atomic E-state index is 12.6. The molecule has 0 aliphatic carbocycles. The van der Waals surface area contributed by atoms with Crippen LogP contribution >= 0.6 is 0 Å². The van der Waals surface area contributed by atoms with Crippen LogP contribution in [0.2, 0.25) is 0 Å². The van der Waals surface area contributed by atoms with Gasteiger partial charge in [-0.2, -0.15) is 5.10 Å². The smallest absolute Gasteiger partial charge is 0.347 e. The fourth-order valence-electron chi connectivity index (χ4n) is 2.76. The predicted octanol–water partition coefficient (Wildman–Crippen LogP) is 0.847. The van der Waals surface area contributed by atoms with Gasteiger partial charge in [-0.25, -0.2) is 14.3 Å². The minimum Gasteiger partial charge on any atom is -0.467 e. The lowest BCUT2D eigenvalue weighted by molar-refractivity contribution is -0.145. The number of aryl methyl sites for hydroxylation is 2. The van der Waals surface area contributed by atoms with Crippen LogP contribution in [-0.2, 0) is 22.5 Å². The lowest BCUT2D eigenvalue weighted by Crippen LogP contribution is -2.35. The first kappa shape index (κ1) is 14.5. The van der Waals surface area contributed by atoms with Crippen LogP contribution in [0.25, 0.3) is 0 Å². The van der Waals surface area contributed by atoms with Gasteiger partial charge in [0.15, 0.2) is 0 Å².